The van der Waals surface area contributed by atoms with Crippen molar-refractivity contribution in [3.63, 3.8) is 0 Å². The van der Waals surface area contributed by atoms with Crippen LogP contribution in [0.25, 0.3) is 0 Å². The van der Waals surface area contributed by atoms with Crippen molar-refractivity contribution in [1.82, 2.24) is 0 Å². The van der Waals surface area contributed by atoms with Crippen LogP contribution in [0.1, 0.15) is 0 Å². The lowest BCUT2D eigenvalue weighted by molar-refractivity contribution is -0.225. The molecule has 4 unspecified atom stereocenters. The molecular weight excluding hydrogens is 168 g/mol. The van der Waals surface area contributed by atoms with E-state index in [0.29, 0.717) is 6.26 Å². The third-order valence-corrected chi connectivity index (χ3v) is 1.64. The zero-order valence-electron chi connectivity index (χ0n) is 6.03. The Bertz CT molecular complexity index is 190. The van der Waals surface area contributed by atoms with Crippen molar-refractivity contribution in [2.45, 2.75) is 24.6 Å². The van der Waals surface area contributed by atoms with Crippen LogP contribution in [0.2, 0.25) is 0 Å². The lowest BCUT2D eigenvalue weighted by Crippen LogP contribution is -2.51. The third kappa shape index (κ3) is 1.37. The summed E-state index contributed by atoms with van der Waals surface area (Å²) in [5.41, 5.74) is 0. The van der Waals surface area contributed by atoms with Crippen LogP contribution in [0.3, 0.4) is 0 Å². The van der Waals surface area contributed by atoms with Crippen molar-refractivity contribution < 1.29 is 30.3 Å². The van der Waals surface area contributed by atoms with Crippen LogP contribution in [-0.4, -0.2) is 50.1 Å². The maximum atomic E-state index is 9.05. The Morgan fingerprint density at radius 1 is 1.08 bits per heavy atom. The summed E-state index contributed by atoms with van der Waals surface area (Å²) < 4.78 is 4.44. The standard InChI is InChI=1S/C6H10O6/c7-1-2-3(8)4(9)5(10)6(11)12-2/h1,3-11H/b2-1+. The van der Waals surface area contributed by atoms with Gasteiger partial charge in [0.05, 0.1) is 0 Å². The molecule has 6 nitrogen and oxygen atoms in total. The zero-order chi connectivity index (χ0) is 9.30. The van der Waals surface area contributed by atoms with Gasteiger partial charge < -0.3 is 30.3 Å². The van der Waals surface area contributed by atoms with Gasteiger partial charge in [0.1, 0.15) is 24.6 Å². The minimum absolute atomic E-state index is 0.375. The highest BCUT2D eigenvalue weighted by Gasteiger charge is 2.40. The second-order valence-corrected chi connectivity index (χ2v) is 2.47. The number of aliphatic hydroxyl groups is 5. The number of hydrogen-bond donors (Lipinski definition) is 5. The zero-order valence-corrected chi connectivity index (χ0v) is 6.03. The molecule has 1 aliphatic heterocycles. The number of rotatable bonds is 0. The molecule has 4 atom stereocenters. The van der Waals surface area contributed by atoms with E-state index < -0.39 is 24.6 Å². The molecule has 1 aliphatic rings. The van der Waals surface area contributed by atoms with E-state index in [1.54, 1.807) is 0 Å². The van der Waals surface area contributed by atoms with E-state index in [0.717, 1.165) is 0 Å². The Morgan fingerprint density at radius 2 is 1.67 bits per heavy atom. The van der Waals surface area contributed by atoms with Crippen LogP contribution in [-0.2, 0) is 4.74 Å². The third-order valence-electron chi connectivity index (χ3n) is 1.64. The molecular formula is C6H10O6. The minimum atomic E-state index is -1.64. The molecule has 1 saturated heterocycles. The maximum absolute atomic E-state index is 9.05. The molecule has 0 aromatic carbocycles. The highest BCUT2D eigenvalue weighted by molar-refractivity contribution is 5.04. The fourth-order valence-corrected chi connectivity index (χ4v) is 0.909. The highest BCUT2D eigenvalue weighted by atomic mass is 16.6. The average Bonchev–Trinajstić information content (AvgIpc) is 2.08. The topological polar surface area (TPSA) is 110 Å². The first kappa shape index (κ1) is 9.27. The van der Waals surface area contributed by atoms with E-state index in [-0.39, 0.29) is 5.76 Å². The van der Waals surface area contributed by atoms with Crippen LogP contribution in [0, 0.1) is 0 Å². The van der Waals surface area contributed by atoms with Crippen LogP contribution < -0.4 is 0 Å². The summed E-state index contributed by atoms with van der Waals surface area (Å²) in [6, 6.07) is 0. The lowest BCUT2D eigenvalue weighted by Gasteiger charge is -2.33. The molecule has 12 heavy (non-hydrogen) atoms. The Balaban J connectivity index is 2.77. The van der Waals surface area contributed by atoms with Gasteiger partial charge in [0.15, 0.2) is 5.76 Å². The van der Waals surface area contributed by atoms with Crippen molar-refractivity contribution in [2.24, 2.45) is 0 Å². The Hall–Kier alpha value is -0.820. The van der Waals surface area contributed by atoms with Gasteiger partial charge in [-0.15, -0.1) is 0 Å². The van der Waals surface area contributed by atoms with Gasteiger partial charge in [-0.3, -0.25) is 0 Å². The van der Waals surface area contributed by atoms with Crippen molar-refractivity contribution in [1.29, 1.82) is 0 Å². The van der Waals surface area contributed by atoms with Crippen molar-refractivity contribution in [3.05, 3.63) is 12.0 Å². The van der Waals surface area contributed by atoms with Crippen LogP contribution >= 0.6 is 0 Å². The van der Waals surface area contributed by atoms with Crippen molar-refractivity contribution in [3.8, 4) is 0 Å². The second kappa shape index (κ2) is 3.28. The smallest absolute Gasteiger partial charge is 0.226 e. The Labute approximate surface area is 68.0 Å². The van der Waals surface area contributed by atoms with Gasteiger partial charge >= 0.3 is 0 Å². The molecule has 0 aromatic heterocycles. The highest BCUT2D eigenvalue weighted by Crippen LogP contribution is 2.21. The minimum Gasteiger partial charge on any atom is -0.512 e. The number of ether oxygens (including phenoxy) is 1. The van der Waals surface area contributed by atoms with E-state index >= 15 is 0 Å². The summed E-state index contributed by atoms with van der Waals surface area (Å²) in [4.78, 5) is 0. The van der Waals surface area contributed by atoms with Gasteiger partial charge in [0.2, 0.25) is 6.29 Å². The molecule has 0 spiro atoms. The van der Waals surface area contributed by atoms with Crippen LogP contribution in [0.15, 0.2) is 12.0 Å². The van der Waals surface area contributed by atoms with Gasteiger partial charge in [-0.1, -0.05) is 0 Å². The van der Waals surface area contributed by atoms with Gasteiger partial charge in [-0.2, -0.15) is 0 Å². The molecule has 6 heteroatoms. The van der Waals surface area contributed by atoms with Gasteiger partial charge in [-0.05, 0) is 0 Å². The first-order chi connectivity index (χ1) is 5.57. The normalized spacial score (nSPS) is 45.8. The molecule has 0 amide bonds. The van der Waals surface area contributed by atoms with Gasteiger partial charge in [0.25, 0.3) is 0 Å². The lowest BCUT2D eigenvalue weighted by atomic mass is 10.0. The van der Waals surface area contributed by atoms with Crippen molar-refractivity contribution in [2.75, 3.05) is 0 Å². The molecule has 0 aliphatic carbocycles. The predicted molar refractivity (Wildman–Crippen MR) is 35.8 cm³/mol. The molecule has 0 radical (unpaired) electrons. The fraction of sp³-hybridized carbons (Fsp3) is 0.667. The van der Waals surface area contributed by atoms with Crippen LogP contribution in [0.4, 0.5) is 0 Å². The largest absolute Gasteiger partial charge is 0.512 e. The molecule has 0 bridgehead atoms. The maximum Gasteiger partial charge on any atom is 0.226 e. The summed E-state index contributed by atoms with van der Waals surface area (Å²) in [6.45, 7) is 0. The van der Waals surface area contributed by atoms with E-state index in [9.17, 15) is 0 Å². The van der Waals surface area contributed by atoms with E-state index in [1.807, 2.05) is 0 Å². The monoisotopic (exact) mass is 178 g/mol. The van der Waals surface area contributed by atoms with Crippen molar-refractivity contribution >= 4 is 0 Å². The average molecular weight is 178 g/mol. The summed E-state index contributed by atoms with van der Waals surface area (Å²) in [7, 11) is 0. The molecule has 1 fully saturated rings. The molecule has 0 aromatic rings. The second-order valence-electron chi connectivity index (χ2n) is 2.47. The Morgan fingerprint density at radius 3 is 2.17 bits per heavy atom. The molecule has 0 saturated carbocycles. The van der Waals surface area contributed by atoms with Gasteiger partial charge in [-0.25, -0.2) is 0 Å². The summed E-state index contributed by atoms with van der Waals surface area (Å²) in [5.74, 6) is -0.375. The first-order valence-electron chi connectivity index (χ1n) is 3.31. The number of aliphatic hydroxyl groups excluding tert-OH is 5. The number of hydrogen-bond acceptors (Lipinski definition) is 6. The Kier molecular flexibility index (Phi) is 2.53. The molecule has 1 rings (SSSR count). The first-order valence-corrected chi connectivity index (χ1v) is 3.31. The summed E-state index contributed by atoms with van der Waals surface area (Å²) in [6.07, 6.45) is -5.88. The molecule has 1 heterocycles. The quantitative estimate of drug-likeness (QED) is 0.270. The molecule has 70 valence electrons. The van der Waals surface area contributed by atoms with E-state index in [4.69, 9.17) is 25.5 Å². The van der Waals surface area contributed by atoms with E-state index in [2.05, 4.69) is 4.74 Å². The fourth-order valence-electron chi connectivity index (χ4n) is 0.909. The molecule has 5 N–H and O–H groups in total. The summed E-state index contributed by atoms with van der Waals surface area (Å²) in [5, 5.41) is 44.3. The SMILES string of the molecule is O/C=C1/OC(O)C(O)C(O)C1O. The summed E-state index contributed by atoms with van der Waals surface area (Å²) >= 11 is 0. The predicted octanol–water partition coefficient (Wildman–Crippen LogP) is -2.18. The van der Waals surface area contributed by atoms with Crippen LogP contribution in [0.5, 0.6) is 0 Å². The van der Waals surface area contributed by atoms with E-state index in [1.165, 1.54) is 0 Å². The van der Waals surface area contributed by atoms with Gasteiger partial charge in [0, 0.05) is 0 Å².